The van der Waals surface area contributed by atoms with Crippen LogP contribution in [0.4, 0.5) is 15.8 Å². The molecule has 3 aromatic carbocycles. The van der Waals surface area contributed by atoms with Gasteiger partial charge in [0, 0.05) is 23.0 Å². The molecule has 0 spiro atoms. The minimum Gasteiger partial charge on any atom is -0.452 e. The first kappa shape index (κ1) is 19.5. The zero-order chi connectivity index (χ0) is 20.9. The average Bonchev–Trinajstić information content (AvgIpc) is 2.77. The van der Waals surface area contributed by atoms with Gasteiger partial charge in [-0.05, 0) is 36.4 Å². The Labute approximate surface area is 177 Å². The van der Waals surface area contributed by atoms with Crippen LogP contribution in [0.1, 0.15) is 10.4 Å². The van der Waals surface area contributed by atoms with Gasteiger partial charge < -0.3 is 4.74 Å². The molecule has 0 aliphatic rings. The zero-order valence-electron chi connectivity index (χ0n) is 15.6. The molecule has 0 aliphatic heterocycles. The van der Waals surface area contributed by atoms with Gasteiger partial charge in [0.15, 0.2) is 10.9 Å². The molecular formula is C23H15ClFN3O2. The number of carbonyl (C=O) groups excluding carboxylic acids is 1. The number of hydrogen-bond donors (Lipinski definition) is 0. The Morgan fingerprint density at radius 1 is 0.933 bits per heavy atom. The molecule has 1 heterocycles. The van der Waals surface area contributed by atoms with Gasteiger partial charge in [0.05, 0.1) is 6.20 Å². The molecule has 0 aliphatic carbocycles. The van der Waals surface area contributed by atoms with Crippen LogP contribution < -0.4 is 9.64 Å². The summed E-state index contributed by atoms with van der Waals surface area (Å²) in [6.07, 6.45) is 2.63. The van der Waals surface area contributed by atoms with E-state index in [1.165, 1.54) is 23.5 Å². The molecule has 1 aromatic heterocycles. The standard InChI is InChI=1S/C23H15ClFN3O2/c24-22-21(14-26-15-27-22)30-20-12-16(11-17(25)13-20)23(29)28(18-7-3-1-4-8-18)19-9-5-2-6-10-19/h1-15H. The summed E-state index contributed by atoms with van der Waals surface area (Å²) in [5.41, 5.74) is 1.42. The molecule has 4 aromatic rings. The van der Waals surface area contributed by atoms with Crippen molar-refractivity contribution in [3.8, 4) is 11.5 Å². The maximum atomic E-state index is 14.3. The Bertz CT molecular complexity index is 1130. The topological polar surface area (TPSA) is 55.3 Å². The molecule has 4 rings (SSSR count). The summed E-state index contributed by atoms with van der Waals surface area (Å²) in [5, 5.41) is 0.0809. The lowest BCUT2D eigenvalue weighted by molar-refractivity contribution is 0.0998. The summed E-state index contributed by atoms with van der Waals surface area (Å²) in [5.74, 6) is -0.765. The SMILES string of the molecule is O=C(c1cc(F)cc(Oc2cncnc2Cl)c1)N(c1ccccc1)c1ccccc1. The second kappa shape index (κ2) is 8.71. The van der Waals surface area contributed by atoms with E-state index in [0.29, 0.717) is 11.4 Å². The lowest BCUT2D eigenvalue weighted by atomic mass is 10.1. The predicted molar refractivity (Wildman–Crippen MR) is 113 cm³/mol. The molecular weight excluding hydrogens is 405 g/mol. The van der Waals surface area contributed by atoms with E-state index >= 15 is 0 Å². The van der Waals surface area contributed by atoms with Gasteiger partial charge in [0.25, 0.3) is 5.91 Å². The van der Waals surface area contributed by atoms with Gasteiger partial charge in [-0.3, -0.25) is 9.69 Å². The fraction of sp³-hybridized carbons (Fsp3) is 0. The Balaban J connectivity index is 1.73. The number of carbonyl (C=O) groups is 1. The summed E-state index contributed by atoms with van der Waals surface area (Å²) in [6, 6.07) is 22.0. The lowest BCUT2D eigenvalue weighted by Gasteiger charge is -2.23. The van der Waals surface area contributed by atoms with Crippen LogP contribution in [0.15, 0.2) is 91.4 Å². The van der Waals surface area contributed by atoms with Crippen molar-refractivity contribution in [2.45, 2.75) is 0 Å². The quantitative estimate of drug-likeness (QED) is 0.370. The summed E-state index contributed by atoms with van der Waals surface area (Å²) in [4.78, 5) is 22.6. The van der Waals surface area contributed by atoms with Gasteiger partial charge in [-0.15, -0.1) is 0 Å². The maximum absolute atomic E-state index is 14.3. The Kier molecular flexibility index (Phi) is 5.68. The largest absolute Gasteiger partial charge is 0.452 e. The number of amides is 1. The van der Waals surface area contributed by atoms with Gasteiger partial charge in [0.2, 0.25) is 0 Å². The highest BCUT2D eigenvalue weighted by molar-refractivity contribution is 6.30. The molecule has 0 radical (unpaired) electrons. The Hall–Kier alpha value is -3.77. The van der Waals surface area contributed by atoms with Crippen molar-refractivity contribution < 1.29 is 13.9 Å². The van der Waals surface area contributed by atoms with Crippen LogP contribution in [0.3, 0.4) is 0 Å². The van der Waals surface area contributed by atoms with Crippen LogP contribution in [0.2, 0.25) is 5.15 Å². The summed E-state index contributed by atoms with van der Waals surface area (Å²) < 4.78 is 19.9. The third-order valence-electron chi connectivity index (χ3n) is 4.21. The van der Waals surface area contributed by atoms with Crippen molar-refractivity contribution in [1.29, 1.82) is 0 Å². The van der Waals surface area contributed by atoms with E-state index in [0.717, 1.165) is 12.1 Å². The summed E-state index contributed by atoms with van der Waals surface area (Å²) in [6.45, 7) is 0. The Morgan fingerprint density at radius 3 is 2.17 bits per heavy atom. The number of ether oxygens (including phenoxy) is 1. The van der Waals surface area contributed by atoms with E-state index in [1.54, 1.807) is 0 Å². The lowest BCUT2D eigenvalue weighted by Crippen LogP contribution is -2.26. The molecule has 0 N–H and O–H groups in total. The second-order valence-corrected chi connectivity index (χ2v) is 6.63. The smallest absolute Gasteiger partial charge is 0.263 e. The van der Waals surface area contributed by atoms with E-state index < -0.39 is 11.7 Å². The van der Waals surface area contributed by atoms with Crippen molar-refractivity contribution in [3.63, 3.8) is 0 Å². The fourth-order valence-electron chi connectivity index (χ4n) is 2.91. The van der Waals surface area contributed by atoms with Gasteiger partial charge in [-0.25, -0.2) is 14.4 Å². The van der Waals surface area contributed by atoms with E-state index in [2.05, 4.69) is 9.97 Å². The summed E-state index contributed by atoms with van der Waals surface area (Å²) in [7, 11) is 0. The first-order chi connectivity index (χ1) is 14.6. The van der Waals surface area contributed by atoms with Crippen molar-refractivity contribution in [2.75, 3.05) is 4.90 Å². The van der Waals surface area contributed by atoms with Gasteiger partial charge >= 0.3 is 0 Å². The number of halogens is 2. The first-order valence-electron chi connectivity index (χ1n) is 9.00. The number of benzene rings is 3. The molecule has 1 amide bonds. The first-order valence-corrected chi connectivity index (χ1v) is 9.38. The minimum atomic E-state index is -0.620. The number of rotatable bonds is 5. The normalized spacial score (nSPS) is 10.5. The van der Waals surface area contributed by atoms with Crippen LogP contribution in [-0.4, -0.2) is 15.9 Å². The maximum Gasteiger partial charge on any atom is 0.263 e. The summed E-state index contributed by atoms with van der Waals surface area (Å²) >= 11 is 5.98. The molecule has 0 atom stereocenters. The van der Waals surface area contributed by atoms with E-state index in [9.17, 15) is 9.18 Å². The highest BCUT2D eigenvalue weighted by Gasteiger charge is 2.21. The predicted octanol–water partition coefficient (Wildman–Crippen LogP) is 6.04. The number of aromatic nitrogens is 2. The van der Waals surface area contributed by atoms with Crippen molar-refractivity contribution in [1.82, 2.24) is 9.97 Å². The van der Waals surface area contributed by atoms with Crippen LogP contribution in [0, 0.1) is 5.82 Å². The van der Waals surface area contributed by atoms with E-state index in [1.807, 2.05) is 60.7 Å². The third-order valence-corrected chi connectivity index (χ3v) is 4.49. The highest BCUT2D eigenvalue weighted by atomic mass is 35.5. The van der Waals surface area contributed by atoms with Gasteiger partial charge in [-0.1, -0.05) is 48.0 Å². The van der Waals surface area contributed by atoms with Crippen molar-refractivity contribution in [2.24, 2.45) is 0 Å². The average molecular weight is 420 g/mol. The molecule has 0 unspecified atom stereocenters. The molecule has 7 heteroatoms. The van der Waals surface area contributed by atoms with Crippen LogP contribution in [-0.2, 0) is 0 Å². The molecule has 5 nitrogen and oxygen atoms in total. The minimum absolute atomic E-state index is 0.0809. The number of nitrogens with zero attached hydrogens (tertiary/aromatic N) is 3. The molecule has 30 heavy (non-hydrogen) atoms. The number of para-hydroxylation sites is 2. The second-order valence-electron chi connectivity index (χ2n) is 6.27. The van der Waals surface area contributed by atoms with E-state index in [-0.39, 0.29) is 22.2 Å². The Morgan fingerprint density at radius 2 is 1.57 bits per heavy atom. The zero-order valence-corrected chi connectivity index (χ0v) is 16.3. The monoisotopic (exact) mass is 419 g/mol. The van der Waals surface area contributed by atoms with Crippen LogP contribution >= 0.6 is 11.6 Å². The van der Waals surface area contributed by atoms with Crippen LogP contribution in [0.5, 0.6) is 11.5 Å². The highest BCUT2D eigenvalue weighted by Crippen LogP contribution is 2.31. The van der Waals surface area contributed by atoms with Gasteiger partial charge in [-0.2, -0.15) is 0 Å². The third kappa shape index (κ3) is 4.29. The molecule has 0 saturated heterocycles. The van der Waals surface area contributed by atoms with Gasteiger partial charge in [0.1, 0.15) is 17.9 Å². The number of hydrogen-bond acceptors (Lipinski definition) is 4. The van der Waals surface area contributed by atoms with Crippen LogP contribution in [0.25, 0.3) is 0 Å². The molecule has 0 fully saturated rings. The van der Waals surface area contributed by atoms with E-state index in [4.69, 9.17) is 16.3 Å². The number of anilines is 2. The molecule has 0 bridgehead atoms. The van der Waals surface area contributed by atoms with Crippen molar-refractivity contribution >= 4 is 28.9 Å². The molecule has 0 saturated carbocycles. The molecule has 148 valence electrons. The fourth-order valence-corrected chi connectivity index (χ4v) is 3.04. The van der Waals surface area contributed by atoms with Crippen molar-refractivity contribution in [3.05, 3.63) is 108 Å².